The van der Waals surface area contributed by atoms with Crippen LogP contribution in [0.1, 0.15) is 33.9 Å². The van der Waals surface area contributed by atoms with E-state index >= 15 is 0 Å². The molecule has 0 fully saturated rings. The molecule has 2 aromatic carbocycles. The minimum atomic E-state index is -0.235. The van der Waals surface area contributed by atoms with Gasteiger partial charge in [0, 0.05) is 22.9 Å². The molecule has 1 aromatic heterocycles. The van der Waals surface area contributed by atoms with E-state index in [2.05, 4.69) is 17.2 Å². The summed E-state index contributed by atoms with van der Waals surface area (Å²) in [7, 11) is 0. The van der Waals surface area contributed by atoms with E-state index in [1.807, 2.05) is 42.5 Å². The Morgan fingerprint density at radius 2 is 1.77 bits per heavy atom. The number of nitrogens with one attached hydrogen (secondary N) is 1. The highest BCUT2D eigenvalue weighted by molar-refractivity contribution is 7.99. The lowest BCUT2D eigenvalue weighted by molar-refractivity contribution is 0.101. The largest absolute Gasteiger partial charge is 0.298 e. The number of benzene rings is 2. The van der Waals surface area contributed by atoms with E-state index in [1.165, 1.54) is 18.3 Å². The fourth-order valence-electron chi connectivity index (χ4n) is 2.44. The second kappa shape index (κ2) is 8.29. The molecule has 0 radical (unpaired) electrons. The predicted octanol–water partition coefficient (Wildman–Crippen LogP) is 5.38. The lowest BCUT2D eigenvalue weighted by atomic mass is 10.1. The van der Waals surface area contributed by atoms with E-state index in [9.17, 15) is 9.59 Å². The summed E-state index contributed by atoms with van der Waals surface area (Å²) in [4.78, 5) is 30.6. The summed E-state index contributed by atoms with van der Waals surface area (Å²) in [6, 6.07) is 17.0. The van der Waals surface area contributed by atoms with Crippen molar-refractivity contribution in [2.24, 2.45) is 0 Å². The number of aromatic nitrogens is 1. The fraction of sp³-hybridized carbons (Fsp3) is 0.150. The highest BCUT2D eigenvalue weighted by atomic mass is 32.2. The smallest absolute Gasteiger partial charge is 0.257 e. The molecule has 132 valence electrons. The summed E-state index contributed by atoms with van der Waals surface area (Å²) in [5, 5.41) is 3.23. The Bertz CT molecular complexity index is 919. The number of carbonyl (C=O) groups excluding carboxylic acids is 2. The normalized spacial score (nSPS) is 10.5. The van der Waals surface area contributed by atoms with E-state index in [-0.39, 0.29) is 11.7 Å². The molecule has 0 saturated heterocycles. The Hall–Kier alpha value is -2.44. The van der Waals surface area contributed by atoms with Gasteiger partial charge in [-0.2, -0.15) is 0 Å². The van der Waals surface area contributed by atoms with Crippen LogP contribution in [-0.2, 0) is 0 Å². The third-order valence-corrected chi connectivity index (χ3v) is 5.61. The van der Waals surface area contributed by atoms with Crippen LogP contribution in [0.4, 0.5) is 5.13 Å². The van der Waals surface area contributed by atoms with Crippen LogP contribution in [0.2, 0.25) is 0 Å². The molecule has 1 heterocycles. The van der Waals surface area contributed by atoms with Gasteiger partial charge >= 0.3 is 0 Å². The summed E-state index contributed by atoms with van der Waals surface area (Å²) < 4.78 is 0. The number of nitrogens with zero attached hydrogens (tertiary/aromatic N) is 1. The number of carbonyl (C=O) groups is 2. The van der Waals surface area contributed by atoms with Crippen LogP contribution in [0.15, 0.2) is 59.5 Å². The Morgan fingerprint density at radius 3 is 2.38 bits per heavy atom. The quantitative estimate of drug-likeness (QED) is 0.459. The highest BCUT2D eigenvalue weighted by Crippen LogP contribution is 2.31. The first-order valence-corrected chi connectivity index (χ1v) is 10.00. The van der Waals surface area contributed by atoms with Crippen LogP contribution in [0.25, 0.3) is 11.3 Å². The van der Waals surface area contributed by atoms with Gasteiger partial charge in [0.25, 0.3) is 5.91 Å². The van der Waals surface area contributed by atoms with Crippen molar-refractivity contribution >= 4 is 39.9 Å². The highest BCUT2D eigenvalue weighted by Gasteiger charge is 2.18. The third kappa shape index (κ3) is 4.20. The molecule has 0 unspecified atom stereocenters. The summed E-state index contributed by atoms with van der Waals surface area (Å²) in [5.41, 5.74) is 2.02. The lowest BCUT2D eigenvalue weighted by Crippen LogP contribution is -2.11. The van der Waals surface area contributed by atoms with Gasteiger partial charge in [0.1, 0.15) is 0 Å². The number of ketones is 1. The second-order valence-electron chi connectivity index (χ2n) is 5.53. The number of amides is 1. The van der Waals surface area contributed by atoms with E-state index < -0.39 is 0 Å². The molecule has 3 rings (SSSR count). The standard InChI is InChI=1S/C20H18N2O2S2/c1-3-25-16-11-9-15(10-12-16)19(24)22-20-21-17(18(26-20)13(2)23)14-7-5-4-6-8-14/h4-12H,3H2,1-2H3,(H,21,22,24). The zero-order valence-electron chi connectivity index (χ0n) is 14.5. The zero-order valence-corrected chi connectivity index (χ0v) is 16.1. The fourth-order valence-corrected chi connectivity index (χ4v) is 3.98. The van der Waals surface area contributed by atoms with Crippen LogP contribution < -0.4 is 5.32 Å². The second-order valence-corrected chi connectivity index (χ2v) is 7.87. The van der Waals surface area contributed by atoms with Gasteiger partial charge in [-0.05, 0) is 30.0 Å². The van der Waals surface area contributed by atoms with Crippen LogP contribution >= 0.6 is 23.1 Å². The van der Waals surface area contributed by atoms with Crippen molar-refractivity contribution in [3.8, 4) is 11.3 Å². The van der Waals surface area contributed by atoms with Crippen molar-refractivity contribution in [2.45, 2.75) is 18.7 Å². The van der Waals surface area contributed by atoms with Gasteiger partial charge in [-0.15, -0.1) is 11.8 Å². The Kier molecular flexibility index (Phi) is 5.85. The van der Waals surface area contributed by atoms with Crippen LogP contribution in [0, 0.1) is 0 Å². The van der Waals surface area contributed by atoms with E-state index in [1.54, 1.807) is 23.9 Å². The van der Waals surface area contributed by atoms with Crippen molar-refractivity contribution in [3.05, 3.63) is 65.0 Å². The number of rotatable bonds is 6. The molecule has 3 aromatic rings. The number of hydrogen-bond acceptors (Lipinski definition) is 5. The number of anilines is 1. The Morgan fingerprint density at radius 1 is 1.08 bits per heavy atom. The molecule has 0 aliphatic heterocycles. The molecule has 1 N–H and O–H groups in total. The molecule has 4 nitrogen and oxygen atoms in total. The maximum atomic E-state index is 12.5. The van der Waals surface area contributed by atoms with Gasteiger partial charge in [0.15, 0.2) is 10.9 Å². The molecular weight excluding hydrogens is 364 g/mol. The molecule has 6 heteroatoms. The molecule has 0 spiro atoms. The van der Waals surface area contributed by atoms with Gasteiger partial charge in [-0.25, -0.2) is 4.98 Å². The van der Waals surface area contributed by atoms with Gasteiger partial charge in [-0.1, -0.05) is 48.6 Å². The first-order valence-electron chi connectivity index (χ1n) is 8.20. The van der Waals surface area contributed by atoms with E-state index in [0.717, 1.165) is 16.2 Å². The maximum absolute atomic E-state index is 12.5. The Labute approximate surface area is 160 Å². The number of Topliss-reactive ketones (excluding diaryl/α,β-unsaturated/α-hetero) is 1. The van der Waals surface area contributed by atoms with Crippen LogP contribution in [-0.4, -0.2) is 22.4 Å². The molecule has 0 aliphatic rings. The molecule has 1 amide bonds. The molecular formula is C20H18N2O2S2. The minimum Gasteiger partial charge on any atom is -0.298 e. The molecule has 26 heavy (non-hydrogen) atoms. The third-order valence-electron chi connectivity index (χ3n) is 3.64. The van der Waals surface area contributed by atoms with E-state index in [4.69, 9.17) is 0 Å². The average molecular weight is 383 g/mol. The summed E-state index contributed by atoms with van der Waals surface area (Å²) >= 11 is 2.93. The van der Waals surface area contributed by atoms with E-state index in [0.29, 0.717) is 21.3 Å². The van der Waals surface area contributed by atoms with Gasteiger partial charge in [0.2, 0.25) is 0 Å². The van der Waals surface area contributed by atoms with Crippen LogP contribution in [0.5, 0.6) is 0 Å². The first-order chi connectivity index (χ1) is 12.6. The monoisotopic (exact) mass is 382 g/mol. The SMILES string of the molecule is CCSc1ccc(C(=O)Nc2nc(-c3ccccc3)c(C(C)=O)s2)cc1. The van der Waals surface area contributed by atoms with Crippen LogP contribution in [0.3, 0.4) is 0 Å². The van der Waals surface area contributed by atoms with Gasteiger partial charge in [-0.3, -0.25) is 14.9 Å². The van der Waals surface area contributed by atoms with Crippen molar-refractivity contribution < 1.29 is 9.59 Å². The average Bonchev–Trinajstić information content (AvgIpc) is 3.07. The number of hydrogen-bond donors (Lipinski definition) is 1. The molecule has 0 aliphatic carbocycles. The van der Waals surface area contributed by atoms with Gasteiger partial charge in [0.05, 0.1) is 10.6 Å². The number of thiazole rings is 1. The van der Waals surface area contributed by atoms with Gasteiger partial charge < -0.3 is 0 Å². The number of thioether (sulfide) groups is 1. The lowest BCUT2D eigenvalue weighted by Gasteiger charge is -2.03. The van der Waals surface area contributed by atoms with Crippen molar-refractivity contribution in [1.82, 2.24) is 4.98 Å². The zero-order chi connectivity index (χ0) is 18.5. The minimum absolute atomic E-state index is 0.0669. The summed E-state index contributed by atoms with van der Waals surface area (Å²) in [6.45, 7) is 3.60. The Balaban J connectivity index is 1.83. The topological polar surface area (TPSA) is 59.1 Å². The molecule has 0 atom stereocenters. The van der Waals surface area contributed by atoms with Crippen molar-refractivity contribution in [3.63, 3.8) is 0 Å². The van der Waals surface area contributed by atoms with Crippen molar-refractivity contribution in [1.29, 1.82) is 0 Å². The predicted molar refractivity (Wildman–Crippen MR) is 108 cm³/mol. The summed E-state index contributed by atoms with van der Waals surface area (Å²) in [5.74, 6) is 0.685. The maximum Gasteiger partial charge on any atom is 0.257 e. The summed E-state index contributed by atoms with van der Waals surface area (Å²) in [6.07, 6.45) is 0. The van der Waals surface area contributed by atoms with Crippen molar-refractivity contribution in [2.75, 3.05) is 11.1 Å². The molecule has 0 saturated carbocycles. The first kappa shape index (κ1) is 18.4. The molecule has 0 bridgehead atoms.